The first-order valence-electron chi connectivity index (χ1n) is 13.1. The van der Waals surface area contributed by atoms with Gasteiger partial charge in [0, 0.05) is 29.4 Å². The number of alkyl halides is 1. The summed E-state index contributed by atoms with van der Waals surface area (Å²) in [5.74, 6) is -0.946. The molecule has 1 saturated heterocycles. The van der Waals surface area contributed by atoms with Gasteiger partial charge in [0.1, 0.15) is 11.5 Å². The lowest BCUT2D eigenvalue weighted by molar-refractivity contribution is -0.140. The highest BCUT2D eigenvalue weighted by Crippen LogP contribution is 2.52. The molecule has 39 heavy (non-hydrogen) atoms. The van der Waals surface area contributed by atoms with E-state index < -0.39 is 16.3 Å². The average molecular weight is 585 g/mol. The minimum absolute atomic E-state index is 0.0324. The van der Waals surface area contributed by atoms with E-state index in [4.69, 9.17) is 4.79 Å². The third kappa shape index (κ3) is 9.86. The number of halogens is 2. The number of nitrogens with zero attached hydrogens (tertiary/aromatic N) is 2. The van der Waals surface area contributed by atoms with Crippen molar-refractivity contribution in [3.63, 3.8) is 0 Å². The molecular formula is C28H42F2N4O3S2. The van der Waals surface area contributed by atoms with E-state index in [1.807, 2.05) is 52.5 Å². The molecule has 1 aliphatic heterocycles. The summed E-state index contributed by atoms with van der Waals surface area (Å²) in [4.78, 5) is 38.2. The predicted octanol–water partition coefficient (Wildman–Crippen LogP) is 5.46. The lowest BCUT2D eigenvalue weighted by atomic mass is 9.86. The number of nitrogens with one attached hydrogen (secondary N) is 1. The van der Waals surface area contributed by atoms with Gasteiger partial charge in [0.2, 0.25) is 18.7 Å². The number of hydrogen-bond acceptors (Lipinski definition) is 6. The van der Waals surface area contributed by atoms with Crippen molar-refractivity contribution in [1.29, 1.82) is 0 Å². The number of thiol groups is 1. The highest BCUT2D eigenvalue weighted by Gasteiger charge is 2.59. The molecule has 2 fully saturated rings. The average Bonchev–Trinajstić information content (AvgIpc) is 3.24. The number of rotatable bonds is 7. The molecule has 2 atom stereocenters. The van der Waals surface area contributed by atoms with Crippen molar-refractivity contribution in [2.45, 2.75) is 90.2 Å². The summed E-state index contributed by atoms with van der Waals surface area (Å²) in [6, 6.07) is 5.25. The van der Waals surface area contributed by atoms with Crippen LogP contribution in [0.25, 0.3) is 10.4 Å². The molecule has 2 aromatic rings. The molecule has 218 valence electrons. The summed E-state index contributed by atoms with van der Waals surface area (Å²) < 4.78 is 27.5. The van der Waals surface area contributed by atoms with Crippen LogP contribution in [0.2, 0.25) is 0 Å². The highest BCUT2D eigenvalue weighted by molar-refractivity contribution is 7.81. The molecule has 1 aromatic heterocycles. The van der Waals surface area contributed by atoms with Crippen LogP contribution in [0, 0.1) is 18.7 Å². The van der Waals surface area contributed by atoms with E-state index in [0.29, 0.717) is 24.8 Å². The quantitative estimate of drug-likeness (QED) is 0.297. The Kier molecular flexibility index (Phi) is 14.1. The number of primary amides is 1. The second kappa shape index (κ2) is 15.9. The number of likely N-dealkylation sites (tertiary alicyclic amines) is 1. The van der Waals surface area contributed by atoms with E-state index in [0.717, 1.165) is 35.5 Å². The predicted molar refractivity (Wildman–Crippen MR) is 157 cm³/mol. The van der Waals surface area contributed by atoms with Crippen LogP contribution in [-0.4, -0.2) is 51.6 Å². The first kappa shape index (κ1) is 34.5. The normalized spacial score (nSPS) is 17.7. The molecule has 0 bridgehead atoms. The van der Waals surface area contributed by atoms with Crippen molar-refractivity contribution in [2.75, 3.05) is 6.54 Å². The van der Waals surface area contributed by atoms with Gasteiger partial charge in [-0.15, -0.1) is 11.3 Å². The molecule has 11 heteroatoms. The SMILES string of the molecule is CC.CC1CCCN1C(=O)C(C(C)(C)S)C1(F)CC1.Cc1ncsc1-c1ccc(CNC=O)c(F)c1.NC=O. The van der Waals surface area contributed by atoms with Gasteiger partial charge in [-0.05, 0) is 51.2 Å². The van der Waals surface area contributed by atoms with Crippen molar-refractivity contribution in [3.05, 3.63) is 40.8 Å². The van der Waals surface area contributed by atoms with E-state index in [1.165, 1.54) is 17.4 Å². The Bertz CT molecular complexity index is 1070. The monoisotopic (exact) mass is 584 g/mol. The number of carbonyl (C=O) groups excluding carboxylic acids is 3. The standard InChI is InChI=1S/C13H22FNOS.C12H11FN2OS.C2H6.CH3NO/c1-9-5-4-8-15(9)11(16)10(12(2,3)17)13(14)6-7-13;1-8-12(17-7-15-8)9-2-3-10(5-14-6-16)11(13)4-9;1-2;2-1-3/h9-10,17H,4-8H2,1-3H3;2-4,6-7H,5H2,1H3,(H,14,16);1-2H3;1H,(H2,2,3). The van der Waals surface area contributed by atoms with Gasteiger partial charge in [-0.2, -0.15) is 12.6 Å². The summed E-state index contributed by atoms with van der Waals surface area (Å²) >= 11 is 5.94. The summed E-state index contributed by atoms with van der Waals surface area (Å²) in [5, 5.41) is 2.44. The zero-order chi connectivity index (χ0) is 29.8. The van der Waals surface area contributed by atoms with Gasteiger partial charge in [-0.25, -0.2) is 13.8 Å². The third-order valence-corrected chi connectivity index (χ3v) is 7.71. The molecule has 1 aliphatic carbocycles. The molecular weight excluding hydrogens is 542 g/mol. The molecule has 2 heterocycles. The number of benzene rings is 1. The summed E-state index contributed by atoms with van der Waals surface area (Å²) in [6.07, 6.45) is 3.89. The fourth-order valence-corrected chi connectivity index (χ4v) is 5.70. The van der Waals surface area contributed by atoms with Gasteiger partial charge < -0.3 is 16.0 Å². The van der Waals surface area contributed by atoms with Crippen LogP contribution in [-0.2, 0) is 20.9 Å². The third-order valence-electron chi connectivity index (χ3n) is 6.47. The van der Waals surface area contributed by atoms with Crippen molar-refractivity contribution >= 4 is 42.7 Å². The molecule has 0 radical (unpaired) electrons. The topological polar surface area (TPSA) is 105 Å². The fraction of sp³-hybridized carbons (Fsp3) is 0.571. The van der Waals surface area contributed by atoms with Gasteiger partial charge >= 0.3 is 0 Å². The van der Waals surface area contributed by atoms with Gasteiger partial charge in [0.05, 0.1) is 22.0 Å². The van der Waals surface area contributed by atoms with Crippen LogP contribution in [0.3, 0.4) is 0 Å². The summed E-state index contributed by atoms with van der Waals surface area (Å²) in [6.45, 7) is 12.6. The lowest BCUT2D eigenvalue weighted by Crippen LogP contribution is -2.49. The second-order valence-corrected chi connectivity index (χ2v) is 11.9. The summed E-state index contributed by atoms with van der Waals surface area (Å²) in [7, 11) is 0. The summed E-state index contributed by atoms with van der Waals surface area (Å²) in [5.41, 5.74) is 6.79. The first-order valence-corrected chi connectivity index (χ1v) is 14.4. The number of amides is 3. The minimum Gasteiger partial charge on any atom is -0.372 e. The fourth-order valence-electron chi connectivity index (χ4n) is 4.55. The van der Waals surface area contributed by atoms with Crippen LogP contribution in [0.5, 0.6) is 0 Å². The van der Waals surface area contributed by atoms with Crippen LogP contribution < -0.4 is 11.1 Å². The van der Waals surface area contributed by atoms with Crippen LogP contribution in [0.15, 0.2) is 23.7 Å². The largest absolute Gasteiger partial charge is 0.372 e. The number of aromatic nitrogens is 1. The molecule has 2 unspecified atom stereocenters. The van der Waals surface area contributed by atoms with Crippen molar-refractivity contribution in [2.24, 2.45) is 11.7 Å². The Balaban J connectivity index is 0.000000335. The maximum Gasteiger partial charge on any atom is 0.230 e. The van der Waals surface area contributed by atoms with E-state index in [9.17, 15) is 18.4 Å². The van der Waals surface area contributed by atoms with Crippen molar-refractivity contribution in [1.82, 2.24) is 15.2 Å². The Labute approximate surface area is 240 Å². The Morgan fingerprint density at radius 1 is 1.36 bits per heavy atom. The molecule has 1 saturated carbocycles. The van der Waals surface area contributed by atoms with Crippen molar-refractivity contribution in [3.8, 4) is 10.4 Å². The number of nitrogens with two attached hydrogens (primary N) is 1. The molecule has 4 rings (SSSR count). The molecule has 0 spiro atoms. The van der Waals surface area contributed by atoms with E-state index in [1.54, 1.807) is 11.6 Å². The van der Waals surface area contributed by atoms with E-state index in [2.05, 4.69) is 28.7 Å². The Morgan fingerprint density at radius 2 is 1.97 bits per heavy atom. The van der Waals surface area contributed by atoms with Gasteiger partial charge in [0.25, 0.3) is 0 Å². The molecule has 3 amide bonds. The molecule has 3 N–H and O–H groups in total. The number of carbonyl (C=O) groups is 3. The van der Waals surface area contributed by atoms with Crippen LogP contribution in [0.1, 0.15) is 71.6 Å². The van der Waals surface area contributed by atoms with E-state index >= 15 is 0 Å². The Morgan fingerprint density at radius 3 is 2.38 bits per heavy atom. The molecule has 7 nitrogen and oxygen atoms in total. The number of hydrogen-bond donors (Lipinski definition) is 3. The zero-order valence-electron chi connectivity index (χ0n) is 23.7. The minimum atomic E-state index is -1.30. The first-order chi connectivity index (χ1) is 18.4. The van der Waals surface area contributed by atoms with E-state index in [-0.39, 0.29) is 30.7 Å². The van der Waals surface area contributed by atoms with Gasteiger partial charge in [-0.3, -0.25) is 14.4 Å². The maximum absolute atomic E-state index is 14.4. The molecule has 1 aromatic carbocycles. The molecule has 2 aliphatic rings. The number of thiazole rings is 1. The van der Waals surface area contributed by atoms with Crippen LogP contribution in [0.4, 0.5) is 8.78 Å². The lowest BCUT2D eigenvalue weighted by Gasteiger charge is -2.36. The smallest absolute Gasteiger partial charge is 0.230 e. The van der Waals surface area contributed by atoms with Gasteiger partial charge in [0.15, 0.2) is 0 Å². The number of aryl methyl sites for hydroxylation is 1. The zero-order valence-corrected chi connectivity index (χ0v) is 25.4. The van der Waals surface area contributed by atoms with Crippen molar-refractivity contribution < 1.29 is 23.2 Å². The highest BCUT2D eigenvalue weighted by atomic mass is 32.1. The second-order valence-electron chi connectivity index (χ2n) is 9.85. The Hall–Kier alpha value is -2.53. The van der Waals surface area contributed by atoms with Crippen LogP contribution >= 0.6 is 24.0 Å². The van der Waals surface area contributed by atoms with Gasteiger partial charge in [-0.1, -0.05) is 39.8 Å². The maximum atomic E-state index is 14.4.